The van der Waals surface area contributed by atoms with E-state index in [2.05, 4.69) is 5.32 Å². The van der Waals surface area contributed by atoms with Crippen molar-refractivity contribution >= 4 is 23.2 Å². The van der Waals surface area contributed by atoms with Gasteiger partial charge < -0.3 is 11.1 Å². The molecule has 3 N–H and O–H groups in total. The van der Waals surface area contributed by atoms with Crippen LogP contribution in [-0.4, -0.2) is 41.4 Å². The van der Waals surface area contributed by atoms with E-state index in [1.54, 1.807) is 6.07 Å². The first kappa shape index (κ1) is 14.7. The van der Waals surface area contributed by atoms with E-state index in [1.165, 1.54) is 12.1 Å². The van der Waals surface area contributed by atoms with E-state index in [1.807, 2.05) is 4.90 Å². The van der Waals surface area contributed by atoms with Crippen LogP contribution in [0.3, 0.4) is 0 Å². The van der Waals surface area contributed by atoms with Crippen LogP contribution in [-0.2, 0) is 11.3 Å². The number of nitro benzene ring substituents is 1. The standard InChI is InChI=1S/C12H15ClN4O3/c13-9-2-1-3-10(17(19)20)8(9)7-16-5-4-15-6-11(16)12(14)18/h1-3,11,15H,4-7H2,(H2,14,18). The molecule has 2 rings (SSSR count). The molecule has 0 aromatic heterocycles. The van der Waals surface area contributed by atoms with Crippen molar-refractivity contribution in [1.29, 1.82) is 0 Å². The Hall–Kier alpha value is -1.70. The third kappa shape index (κ3) is 3.06. The summed E-state index contributed by atoms with van der Waals surface area (Å²) in [7, 11) is 0. The lowest BCUT2D eigenvalue weighted by Gasteiger charge is -2.34. The molecule has 8 heteroatoms. The van der Waals surface area contributed by atoms with Crippen molar-refractivity contribution in [3.05, 3.63) is 38.9 Å². The molecule has 1 amide bonds. The first-order chi connectivity index (χ1) is 9.50. The number of amides is 1. The van der Waals surface area contributed by atoms with Gasteiger partial charge in [-0.3, -0.25) is 19.8 Å². The lowest BCUT2D eigenvalue weighted by molar-refractivity contribution is -0.385. The molecule has 20 heavy (non-hydrogen) atoms. The van der Waals surface area contributed by atoms with Crippen LogP contribution in [0.2, 0.25) is 5.02 Å². The van der Waals surface area contributed by atoms with Gasteiger partial charge in [-0.25, -0.2) is 0 Å². The van der Waals surface area contributed by atoms with Gasteiger partial charge in [0, 0.05) is 32.2 Å². The molecule has 108 valence electrons. The Balaban J connectivity index is 2.28. The summed E-state index contributed by atoms with van der Waals surface area (Å²) in [4.78, 5) is 23.8. The lowest BCUT2D eigenvalue weighted by Crippen LogP contribution is -2.56. The van der Waals surface area contributed by atoms with Gasteiger partial charge in [0.15, 0.2) is 0 Å². The van der Waals surface area contributed by atoms with Gasteiger partial charge in [-0.15, -0.1) is 0 Å². The number of benzene rings is 1. The molecule has 1 aliphatic heterocycles. The lowest BCUT2D eigenvalue weighted by atomic mass is 10.1. The number of hydrogen-bond acceptors (Lipinski definition) is 5. The predicted molar refractivity (Wildman–Crippen MR) is 74.4 cm³/mol. The number of halogens is 1. The van der Waals surface area contributed by atoms with E-state index in [-0.39, 0.29) is 12.2 Å². The van der Waals surface area contributed by atoms with Gasteiger partial charge in [0.05, 0.1) is 15.5 Å². The van der Waals surface area contributed by atoms with Crippen LogP contribution in [0.15, 0.2) is 18.2 Å². The summed E-state index contributed by atoms with van der Waals surface area (Å²) >= 11 is 6.06. The second-order valence-electron chi connectivity index (χ2n) is 4.59. The summed E-state index contributed by atoms with van der Waals surface area (Å²) in [5.74, 6) is -0.452. The average Bonchev–Trinajstić information content (AvgIpc) is 2.41. The van der Waals surface area contributed by atoms with E-state index in [0.717, 1.165) is 0 Å². The zero-order valence-corrected chi connectivity index (χ0v) is 11.5. The van der Waals surface area contributed by atoms with Crippen LogP contribution < -0.4 is 11.1 Å². The van der Waals surface area contributed by atoms with Crippen LogP contribution in [0.5, 0.6) is 0 Å². The van der Waals surface area contributed by atoms with Gasteiger partial charge in [0.2, 0.25) is 5.91 Å². The number of carbonyl (C=O) groups excluding carboxylic acids is 1. The number of nitro groups is 1. The summed E-state index contributed by atoms with van der Waals surface area (Å²) < 4.78 is 0. The van der Waals surface area contributed by atoms with Gasteiger partial charge in [-0.1, -0.05) is 17.7 Å². The molecule has 1 atom stereocenters. The van der Waals surface area contributed by atoms with Gasteiger partial charge in [0.25, 0.3) is 5.69 Å². The molecule has 7 nitrogen and oxygen atoms in total. The van der Waals surface area contributed by atoms with Crippen molar-refractivity contribution in [3.8, 4) is 0 Å². The van der Waals surface area contributed by atoms with Crippen LogP contribution in [0.4, 0.5) is 5.69 Å². The molecule has 0 spiro atoms. The maximum atomic E-state index is 11.4. The number of rotatable bonds is 4. The molecule has 0 aliphatic carbocycles. The SMILES string of the molecule is NC(=O)C1CNCCN1Cc1c(Cl)cccc1[N+](=O)[O-]. The van der Waals surface area contributed by atoms with E-state index >= 15 is 0 Å². The van der Waals surface area contributed by atoms with Crippen molar-refractivity contribution < 1.29 is 9.72 Å². The monoisotopic (exact) mass is 298 g/mol. The molecule has 1 heterocycles. The zero-order chi connectivity index (χ0) is 14.7. The van der Waals surface area contributed by atoms with Gasteiger partial charge in [-0.05, 0) is 6.07 Å². The maximum Gasteiger partial charge on any atom is 0.275 e. The number of hydrogen-bond donors (Lipinski definition) is 2. The van der Waals surface area contributed by atoms with Crippen molar-refractivity contribution in [1.82, 2.24) is 10.2 Å². The second-order valence-corrected chi connectivity index (χ2v) is 4.99. The zero-order valence-electron chi connectivity index (χ0n) is 10.7. The summed E-state index contributed by atoms with van der Waals surface area (Å²) in [6, 6.07) is 4.06. The van der Waals surface area contributed by atoms with E-state index in [9.17, 15) is 14.9 Å². The normalized spacial score (nSPS) is 19.8. The fraction of sp³-hybridized carbons (Fsp3) is 0.417. The van der Waals surface area contributed by atoms with Crippen LogP contribution >= 0.6 is 11.6 Å². The predicted octanol–water partition coefficient (Wildman–Crippen LogP) is 0.507. The van der Waals surface area contributed by atoms with E-state index < -0.39 is 16.9 Å². The molecule has 1 aromatic rings. The Bertz CT molecular complexity index is 537. The van der Waals surface area contributed by atoms with Crippen LogP contribution in [0, 0.1) is 10.1 Å². The first-order valence-electron chi connectivity index (χ1n) is 6.16. The highest BCUT2D eigenvalue weighted by Crippen LogP contribution is 2.28. The maximum absolute atomic E-state index is 11.4. The minimum atomic E-state index is -0.486. The number of carbonyl (C=O) groups is 1. The fourth-order valence-corrected chi connectivity index (χ4v) is 2.52. The van der Waals surface area contributed by atoms with Crippen LogP contribution in [0.1, 0.15) is 5.56 Å². The summed E-state index contributed by atoms with van der Waals surface area (Å²) in [5, 5.41) is 14.5. The highest BCUT2D eigenvalue weighted by atomic mass is 35.5. The molecule has 1 unspecified atom stereocenters. The Morgan fingerprint density at radius 3 is 3.00 bits per heavy atom. The van der Waals surface area contributed by atoms with Gasteiger partial charge >= 0.3 is 0 Å². The topological polar surface area (TPSA) is 102 Å². The Morgan fingerprint density at radius 1 is 1.60 bits per heavy atom. The first-order valence-corrected chi connectivity index (χ1v) is 6.54. The third-order valence-corrected chi connectivity index (χ3v) is 3.69. The molecule has 1 aliphatic rings. The Labute approximate surface area is 120 Å². The smallest absolute Gasteiger partial charge is 0.275 e. The molecule has 1 saturated heterocycles. The van der Waals surface area contributed by atoms with E-state index in [4.69, 9.17) is 17.3 Å². The highest BCUT2D eigenvalue weighted by molar-refractivity contribution is 6.31. The third-order valence-electron chi connectivity index (χ3n) is 3.33. The molecular weight excluding hydrogens is 284 g/mol. The Morgan fingerprint density at radius 2 is 2.35 bits per heavy atom. The van der Waals surface area contributed by atoms with Crippen molar-refractivity contribution in [2.24, 2.45) is 5.73 Å². The molecule has 1 fully saturated rings. The summed E-state index contributed by atoms with van der Waals surface area (Å²) in [6.07, 6.45) is 0. The molecule has 0 radical (unpaired) electrons. The van der Waals surface area contributed by atoms with Crippen LogP contribution in [0.25, 0.3) is 0 Å². The summed E-state index contributed by atoms with van der Waals surface area (Å²) in [5.41, 5.74) is 5.73. The number of piperazine rings is 1. The van der Waals surface area contributed by atoms with Gasteiger partial charge in [-0.2, -0.15) is 0 Å². The minimum Gasteiger partial charge on any atom is -0.368 e. The minimum absolute atomic E-state index is 0.0424. The molecule has 0 bridgehead atoms. The van der Waals surface area contributed by atoms with Crippen molar-refractivity contribution in [2.75, 3.05) is 19.6 Å². The van der Waals surface area contributed by atoms with E-state index in [0.29, 0.717) is 30.2 Å². The fourth-order valence-electron chi connectivity index (χ4n) is 2.29. The quantitative estimate of drug-likeness (QED) is 0.623. The highest BCUT2D eigenvalue weighted by Gasteiger charge is 2.29. The number of primary amides is 1. The molecule has 1 aromatic carbocycles. The summed E-state index contributed by atoms with van der Waals surface area (Å²) in [6.45, 7) is 1.94. The number of nitrogens with zero attached hydrogens (tertiary/aromatic N) is 2. The van der Waals surface area contributed by atoms with Crippen molar-refractivity contribution in [3.63, 3.8) is 0 Å². The molecule has 0 saturated carbocycles. The van der Waals surface area contributed by atoms with Gasteiger partial charge in [0.1, 0.15) is 6.04 Å². The number of nitrogens with two attached hydrogens (primary N) is 1. The van der Waals surface area contributed by atoms with Crippen molar-refractivity contribution in [2.45, 2.75) is 12.6 Å². The second kappa shape index (κ2) is 6.17. The average molecular weight is 299 g/mol. The molecular formula is C12H15ClN4O3. The number of nitrogens with one attached hydrogen (secondary N) is 1. The largest absolute Gasteiger partial charge is 0.368 e. The Kier molecular flexibility index (Phi) is 4.53.